The number of aromatic nitrogens is 1. The second kappa shape index (κ2) is 26.6. The third-order valence-corrected chi connectivity index (χ3v) is 8.66. The summed E-state index contributed by atoms with van der Waals surface area (Å²) in [6.45, 7) is 12.4. The molecule has 8 N–H and O–H groups in total. The summed E-state index contributed by atoms with van der Waals surface area (Å²) in [4.78, 5) is 22.6. The number of H-pyrrole nitrogens is 1. The van der Waals surface area contributed by atoms with E-state index in [1.54, 1.807) is 11.3 Å². The predicted octanol–water partition coefficient (Wildman–Crippen LogP) is 8.97. The second-order valence-electron chi connectivity index (χ2n) is 12.4. The first-order chi connectivity index (χ1) is 26.0. The van der Waals surface area contributed by atoms with Gasteiger partial charge >= 0.3 is 5.97 Å². The molecule has 0 aliphatic carbocycles. The van der Waals surface area contributed by atoms with Crippen LogP contribution in [0.25, 0.3) is 21.3 Å². The average molecular weight is 763 g/mol. The van der Waals surface area contributed by atoms with Crippen molar-refractivity contribution in [1.29, 1.82) is 5.41 Å². The van der Waals surface area contributed by atoms with E-state index >= 15 is 0 Å². The Morgan fingerprint density at radius 1 is 1.13 bits per heavy atom. The van der Waals surface area contributed by atoms with Crippen LogP contribution in [0.5, 0.6) is 5.75 Å². The highest BCUT2D eigenvalue weighted by molar-refractivity contribution is 7.13. The van der Waals surface area contributed by atoms with Gasteiger partial charge < -0.3 is 36.2 Å². The molecule has 0 radical (unpaired) electrons. The van der Waals surface area contributed by atoms with Crippen LogP contribution in [-0.2, 0) is 22.4 Å². The number of hydrogen-bond donors (Lipinski definition) is 7. The summed E-state index contributed by atoms with van der Waals surface area (Å²) in [7, 11) is 0. The fourth-order valence-corrected chi connectivity index (χ4v) is 6.05. The number of carboxylic acid groups (broad SMARTS) is 2. The van der Waals surface area contributed by atoms with Crippen molar-refractivity contribution in [2.24, 2.45) is 16.2 Å². The summed E-state index contributed by atoms with van der Waals surface area (Å²) >= 11 is 1.67. The summed E-state index contributed by atoms with van der Waals surface area (Å²) in [5.74, 6) is 5.19. The van der Waals surface area contributed by atoms with E-state index in [1.807, 2.05) is 70.2 Å². The van der Waals surface area contributed by atoms with Crippen LogP contribution in [0.2, 0.25) is 0 Å². The summed E-state index contributed by atoms with van der Waals surface area (Å²) in [6, 6.07) is 18.5. The number of β-amino-alcohol motifs (C(OH)–C–C–N with tert-alkyl or cyclic N) is 1. The molecule has 13 heteroatoms. The van der Waals surface area contributed by atoms with Crippen molar-refractivity contribution in [1.82, 2.24) is 10.3 Å². The summed E-state index contributed by atoms with van der Waals surface area (Å²) < 4.78 is 6.03. The third-order valence-electron chi connectivity index (χ3n) is 7.76. The second-order valence-corrected chi connectivity index (χ2v) is 13.3. The zero-order valence-electron chi connectivity index (χ0n) is 32.3. The first-order valence-corrected chi connectivity index (χ1v) is 19.0. The largest absolute Gasteiger partial charge is 0.490 e. The number of nitrogens with zero attached hydrogens (tertiary/aromatic N) is 2. The molecule has 0 aliphatic heterocycles. The van der Waals surface area contributed by atoms with Crippen LogP contribution in [-0.4, -0.2) is 63.4 Å². The zero-order valence-corrected chi connectivity index (χ0v) is 33.2. The van der Waals surface area contributed by atoms with Crippen molar-refractivity contribution < 1.29 is 29.6 Å². The van der Waals surface area contributed by atoms with Crippen LogP contribution in [0.15, 0.2) is 100 Å². The first-order valence-electron chi connectivity index (χ1n) is 18.1. The monoisotopic (exact) mass is 762 g/mol. The van der Waals surface area contributed by atoms with E-state index in [0.29, 0.717) is 18.5 Å². The molecule has 0 spiro atoms. The molecule has 2 aromatic heterocycles. The minimum atomic E-state index is -0.711. The smallest absolute Gasteiger partial charge is 0.303 e. The number of fused-ring (bicyclic) bond motifs is 1. The standard InChI is InChI=1S/C34H42N6O2S.C4H8O2.C2H6.CH2O2/c1-4-24(33(35)39-40-36)12-6-5-7-13-25-14-10-16-28-26(21-37-32(25)28)20-34(2,3)38-22-27(41)23-42-30-17-9-8-15-29(30)31-18-11-19-43-31;1-2-3-4(5)6;1-2;2-1-3/h4,6,8-12,14-19,21,27,37-38,41H,5,7,13,20,22-23H2,1-3H3,(H3,35,36,39);2-3H2,1H3,(H,5,6);1-2H3;1H,(H,2,3)/b12-6-,24-4+;;;. The van der Waals surface area contributed by atoms with E-state index in [0.717, 1.165) is 48.3 Å². The van der Waals surface area contributed by atoms with E-state index in [2.05, 4.69) is 76.4 Å². The molecular weight excluding hydrogens is 705 g/mol. The number of aliphatic hydroxyl groups excluding tert-OH is 1. The molecule has 4 aromatic rings. The number of aromatic amines is 1. The number of unbranched alkanes of at least 4 members (excludes halogenated alkanes) is 1. The van der Waals surface area contributed by atoms with E-state index in [9.17, 15) is 9.90 Å². The number of para-hydroxylation sites is 2. The van der Waals surface area contributed by atoms with Gasteiger partial charge in [-0.3, -0.25) is 15.0 Å². The quantitative estimate of drug-likeness (QED) is 0.00806. The zero-order chi connectivity index (χ0) is 40.4. The fraction of sp³-hybridized carbons (Fsp3) is 0.390. The lowest BCUT2D eigenvalue weighted by molar-refractivity contribution is -0.137. The Balaban J connectivity index is 0.00000117. The van der Waals surface area contributed by atoms with Gasteiger partial charge in [-0.25, -0.2) is 0 Å². The Kier molecular flexibility index (Phi) is 23.1. The topological polar surface area (TPSA) is 206 Å². The van der Waals surface area contributed by atoms with Gasteiger partial charge in [0.15, 0.2) is 5.84 Å². The molecule has 0 amide bonds. The number of aliphatic carboxylic acids is 1. The number of amidine groups is 1. The predicted molar refractivity (Wildman–Crippen MR) is 221 cm³/mol. The molecule has 4 rings (SSSR count). The molecule has 0 saturated heterocycles. The molecule has 1 unspecified atom stereocenters. The highest BCUT2D eigenvalue weighted by Gasteiger charge is 2.22. The Hall–Kier alpha value is -5.11. The number of thiophene rings is 1. The van der Waals surface area contributed by atoms with E-state index in [4.69, 9.17) is 31.0 Å². The fourth-order valence-electron chi connectivity index (χ4n) is 5.30. The van der Waals surface area contributed by atoms with Crippen molar-refractivity contribution in [2.75, 3.05) is 13.2 Å². The van der Waals surface area contributed by atoms with E-state index in [1.165, 1.54) is 22.0 Å². The first kappa shape index (κ1) is 46.9. The summed E-state index contributed by atoms with van der Waals surface area (Å²) in [5.41, 5.74) is 5.22. The van der Waals surface area contributed by atoms with Gasteiger partial charge in [0.05, 0.1) is 0 Å². The van der Waals surface area contributed by atoms with E-state index < -0.39 is 12.1 Å². The average Bonchev–Trinajstić information content (AvgIpc) is 3.84. The van der Waals surface area contributed by atoms with Crippen LogP contribution in [0.3, 0.4) is 0 Å². The lowest BCUT2D eigenvalue weighted by Crippen LogP contribution is -2.46. The van der Waals surface area contributed by atoms with Crippen molar-refractivity contribution >= 4 is 40.5 Å². The maximum atomic E-state index is 10.7. The number of aryl methyl sites for hydroxylation is 1. The highest BCUT2D eigenvalue weighted by Crippen LogP contribution is 2.33. The SMILES string of the molecule is C/C=C(\C=C/CCCc1cccc2c(CC(C)(C)NCC(O)COc3ccccc3-c3cccs3)c[nH]c12)C(=N)N=NN.CC.CCCC(=O)O.O=CO. The number of ether oxygens (including phenoxy) is 1. The van der Waals surface area contributed by atoms with Gasteiger partial charge in [0.1, 0.15) is 18.5 Å². The summed E-state index contributed by atoms with van der Waals surface area (Å²) in [5, 5.41) is 47.0. The van der Waals surface area contributed by atoms with Gasteiger partial charge in [-0.05, 0) is 87.6 Å². The molecule has 2 heterocycles. The molecule has 2 aromatic carbocycles. The number of hydrogen-bond acceptors (Lipinski definition) is 8. The molecule has 1 atom stereocenters. The van der Waals surface area contributed by atoms with Crippen LogP contribution >= 0.6 is 11.3 Å². The minimum absolute atomic E-state index is 0.0563. The number of nitrogens with one attached hydrogen (secondary N) is 3. The number of allylic oxidation sites excluding steroid dienone is 2. The molecule has 12 nitrogen and oxygen atoms in total. The van der Waals surface area contributed by atoms with Crippen molar-refractivity contribution in [3.05, 3.63) is 101 Å². The third kappa shape index (κ3) is 17.1. The number of carboxylic acids is 1. The molecular formula is C41H58N6O6S. The van der Waals surface area contributed by atoms with Gasteiger partial charge in [-0.15, -0.1) is 16.5 Å². The Bertz CT molecular complexity index is 1760. The van der Waals surface area contributed by atoms with Crippen LogP contribution in [0.4, 0.5) is 0 Å². The normalized spacial score (nSPS) is 11.9. The number of benzene rings is 2. The maximum absolute atomic E-state index is 10.7. The molecule has 294 valence electrons. The van der Waals surface area contributed by atoms with Crippen molar-refractivity contribution in [3.63, 3.8) is 0 Å². The molecule has 0 bridgehead atoms. The van der Waals surface area contributed by atoms with Crippen LogP contribution in [0, 0.1) is 5.41 Å². The molecule has 0 aliphatic rings. The Morgan fingerprint density at radius 2 is 1.85 bits per heavy atom. The van der Waals surface area contributed by atoms with E-state index in [-0.39, 0.29) is 24.5 Å². The highest BCUT2D eigenvalue weighted by atomic mass is 32.1. The maximum Gasteiger partial charge on any atom is 0.303 e. The Morgan fingerprint density at radius 3 is 2.46 bits per heavy atom. The van der Waals surface area contributed by atoms with Crippen LogP contribution in [0.1, 0.15) is 78.4 Å². The summed E-state index contributed by atoms with van der Waals surface area (Å²) in [6.07, 6.45) is 11.9. The van der Waals surface area contributed by atoms with Gasteiger partial charge in [-0.1, -0.05) is 80.6 Å². The molecule has 0 fully saturated rings. The van der Waals surface area contributed by atoms with Gasteiger partial charge in [-0.2, -0.15) is 0 Å². The van der Waals surface area contributed by atoms with Gasteiger partial charge in [0, 0.05) is 51.6 Å². The van der Waals surface area contributed by atoms with Crippen LogP contribution < -0.4 is 15.9 Å². The number of nitrogens with two attached hydrogens (primary N) is 1. The number of carbonyl (C=O) groups is 2. The van der Waals surface area contributed by atoms with Crippen molar-refractivity contribution in [2.45, 2.75) is 91.7 Å². The molecule has 54 heavy (non-hydrogen) atoms. The lowest BCUT2D eigenvalue weighted by atomic mass is 9.93. The van der Waals surface area contributed by atoms with Gasteiger partial charge in [0.25, 0.3) is 6.47 Å². The molecule has 0 saturated carbocycles. The number of aliphatic hydroxyl groups is 1. The Labute approximate surface area is 323 Å². The van der Waals surface area contributed by atoms with Gasteiger partial charge in [0.2, 0.25) is 0 Å². The number of rotatable bonds is 17. The lowest BCUT2D eigenvalue weighted by Gasteiger charge is -2.28. The van der Waals surface area contributed by atoms with Crippen molar-refractivity contribution in [3.8, 4) is 16.2 Å². The minimum Gasteiger partial charge on any atom is -0.490 e.